The van der Waals surface area contributed by atoms with Gasteiger partial charge in [0.25, 0.3) is 0 Å². The molecule has 142 valence electrons. The van der Waals surface area contributed by atoms with Crippen LogP contribution in [0.25, 0.3) is 0 Å². The highest BCUT2D eigenvalue weighted by atomic mass is 79.9. The highest BCUT2D eigenvalue weighted by molar-refractivity contribution is 9.10. The summed E-state index contributed by atoms with van der Waals surface area (Å²) in [7, 11) is 0. The molecule has 1 amide bonds. The Balaban J connectivity index is 1.23. The first-order valence-electron chi connectivity index (χ1n) is 10.1. The molecule has 1 saturated heterocycles. The zero-order chi connectivity index (χ0) is 17.9. The maximum Gasteiger partial charge on any atom is 0.228 e. The number of rotatable bonds is 3. The number of halogens is 1. The van der Waals surface area contributed by atoms with Gasteiger partial charge in [-0.15, -0.1) is 0 Å². The first-order chi connectivity index (χ1) is 12.4. The van der Waals surface area contributed by atoms with Crippen LogP contribution in [0.15, 0.2) is 10.6 Å². The fourth-order valence-electron chi connectivity index (χ4n) is 6.56. The molecule has 4 saturated carbocycles. The van der Waals surface area contributed by atoms with E-state index in [4.69, 9.17) is 4.52 Å². The maximum atomic E-state index is 13.5. The predicted molar refractivity (Wildman–Crippen MR) is 102 cm³/mol. The fourth-order valence-corrected chi connectivity index (χ4v) is 8.01. The van der Waals surface area contributed by atoms with Crippen molar-refractivity contribution in [2.45, 2.75) is 56.3 Å². The Hall–Kier alpha value is -0.880. The maximum absolute atomic E-state index is 13.5. The van der Waals surface area contributed by atoms with Crippen LogP contribution in [0.5, 0.6) is 0 Å². The van der Waals surface area contributed by atoms with Crippen molar-refractivity contribution in [2.75, 3.05) is 26.2 Å². The Morgan fingerprint density at radius 3 is 2.50 bits per heavy atom. The van der Waals surface area contributed by atoms with Gasteiger partial charge < -0.3 is 9.42 Å². The second kappa shape index (κ2) is 6.06. The number of aromatic nitrogens is 1. The van der Waals surface area contributed by atoms with Crippen LogP contribution in [-0.2, 0) is 11.3 Å². The minimum Gasteiger partial charge on any atom is -0.360 e. The van der Waals surface area contributed by atoms with Crippen molar-refractivity contribution in [2.24, 2.45) is 17.3 Å². The molecule has 1 aliphatic heterocycles. The highest BCUT2D eigenvalue weighted by Crippen LogP contribution is 2.64. The van der Waals surface area contributed by atoms with Crippen molar-refractivity contribution < 1.29 is 9.32 Å². The molecule has 5 aliphatic rings. The molecule has 5 fully saturated rings. The van der Waals surface area contributed by atoms with Crippen LogP contribution >= 0.6 is 15.9 Å². The van der Waals surface area contributed by atoms with Crippen LogP contribution in [0.3, 0.4) is 0 Å². The molecule has 26 heavy (non-hydrogen) atoms. The van der Waals surface area contributed by atoms with Gasteiger partial charge in [-0.1, -0.05) is 21.1 Å². The Morgan fingerprint density at radius 2 is 1.92 bits per heavy atom. The lowest BCUT2D eigenvalue weighted by molar-refractivity contribution is -0.157. The van der Waals surface area contributed by atoms with E-state index >= 15 is 0 Å². The highest BCUT2D eigenvalue weighted by Gasteiger charge is 2.60. The third kappa shape index (κ3) is 2.93. The average molecular weight is 422 g/mol. The van der Waals surface area contributed by atoms with Gasteiger partial charge in [0.05, 0.1) is 17.7 Å². The quantitative estimate of drug-likeness (QED) is 0.701. The molecule has 2 unspecified atom stereocenters. The van der Waals surface area contributed by atoms with Crippen molar-refractivity contribution in [1.29, 1.82) is 0 Å². The number of aryl methyl sites for hydroxylation is 1. The van der Waals surface area contributed by atoms with Crippen molar-refractivity contribution in [1.82, 2.24) is 15.0 Å². The van der Waals surface area contributed by atoms with Gasteiger partial charge in [-0.3, -0.25) is 9.69 Å². The van der Waals surface area contributed by atoms with Crippen molar-refractivity contribution >= 4 is 21.8 Å². The molecular weight excluding hydrogens is 394 g/mol. The van der Waals surface area contributed by atoms with E-state index in [9.17, 15) is 4.79 Å². The van der Waals surface area contributed by atoms with E-state index in [0.29, 0.717) is 5.91 Å². The average Bonchev–Trinajstić information content (AvgIpc) is 2.97. The molecule has 4 bridgehead atoms. The zero-order valence-electron chi connectivity index (χ0n) is 15.5. The molecule has 6 heteroatoms. The standard InChI is InChI=1S/C20H28BrN3O2/c1-14-6-17(26-22-14)12-23-2-4-24(5-3-23)18(25)19-8-15-7-16(9-19)11-20(21,10-15)13-19/h6,15-16H,2-5,7-13H2,1H3. The monoisotopic (exact) mass is 421 g/mol. The van der Waals surface area contributed by atoms with Crippen LogP contribution in [0, 0.1) is 24.2 Å². The van der Waals surface area contributed by atoms with Gasteiger partial charge in [0.1, 0.15) is 0 Å². The summed E-state index contributed by atoms with van der Waals surface area (Å²) >= 11 is 4.04. The van der Waals surface area contributed by atoms with E-state index in [-0.39, 0.29) is 9.74 Å². The zero-order valence-corrected chi connectivity index (χ0v) is 17.1. The largest absolute Gasteiger partial charge is 0.360 e. The van der Waals surface area contributed by atoms with Crippen LogP contribution in [0.2, 0.25) is 0 Å². The lowest BCUT2D eigenvalue weighted by Gasteiger charge is -2.60. The van der Waals surface area contributed by atoms with Crippen LogP contribution in [0.1, 0.15) is 50.0 Å². The van der Waals surface area contributed by atoms with Crippen LogP contribution in [0.4, 0.5) is 0 Å². The Kier molecular flexibility index (Phi) is 4.02. The molecule has 0 aromatic carbocycles. The van der Waals surface area contributed by atoms with Gasteiger partial charge in [-0.05, 0) is 57.3 Å². The third-order valence-corrected chi connectivity index (χ3v) is 8.09. The molecule has 2 heterocycles. The SMILES string of the molecule is Cc1cc(CN2CCN(C(=O)C34CC5CC(CC(Br)(C5)C3)C4)CC2)on1. The lowest BCUT2D eigenvalue weighted by Crippen LogP contribution is -2.61. The molecule has 0 radical (unpaired) electrons. The number of carbonyl (C=O) groups excluding carboxylic acids is 1. The summed E-state index contributed by atoms with van der Waals surface area (Å²) in [4.78, 5) is 18.0. The molecule has 0 spiro atoms. The number of carbonyl (C=O) groups is 1. The molecule has 0 N–H and O–H groups in total. The van der Waals surface area contributed by atoms with Crippen molar-refractivity contribution in [3.05, 3.63) is 17.5 Å². The molecular formula is C20H28BrN3O2. The third-order valence-electron chi connectivity index (χ3n) is 7.16. The van der Waals surface area contributed by atoms with Crippen molar-refractivity contribution in [3.63, 3.8) is 0 Å². The summed E-state index contributed by atoms with van der Waals surface area (Å²) in [5.74, 6) is 2.89. The first-order valence-corrected chi connectivity index (χ1v) is 10.9. The number of piperazine rings is 1. The molecule has 6 rings (SSSR count). The number of alkyl halides is 1. The number of hydrogen-bond acceptors (Lipinski definition) is 4. The number of hydrogen-bond donors (Lipinski definition) is 0. The van der Waals surface area contributed by atoms with E-state index in [2.05, 4.69) is 30.9 Å². The summed E-state index contributed by atoms with van der Waals surface area (Å²) in [5.41, 5.74) is 0.858. The van der Waals surface area contributed by atoms with Gasteiger partial charge in [0, 0.05) is 36.6 Å². The minimum absolute atomic E-state index is 0.0716. The van der Waals surface area contributed by atoms with Gasteiger partial charge in [-0.25, -0.2) is 0 Å². The fraction of sp³-hybridized carbons (Fsp3) is 0.800. The first kappa shape index (κ1) is 17.2. The second-order valence-electron chi connectivity index (χ2n) is 9.40. The lowest BCUT2D eigenvalue weighted by atomic mass is 9.49. The molecule has 5 nitrogen and oxygen atoms in total. The van der Waals surface area contributed by atoms with E-state index in [1.165, 1.54) is 19.3 Å². The van der Waals surface area contributed by atoms with Crippen molar-refractivity contribution in [3.8, 4) is 0 Å². The number of amides is 1. The smallest absolute Gasteiger partial charge is 0.228 e. The van der Waals surface area contributed by atoms with E-state index in [1.54, 1.807) is 0 Å². The van der Waals surface area contributed by atoms with E-state index in [0.717, 1.165) is 75.3 Å². The molecule has 1 aromatic heterocycles. The summed E-state index contributed by atoms with van der Waals surface area (Å²) in [5, 5.41) is 3.97. The molecule has 1 aromatic rings. The normalized spacial score (nSPS) is 39.5. The topological polar surface area (TPSA) is 49.6 Å². The number of nitrogens with zero attached hydrogens (tertiary/aromatic N) is 3. The Labute approximate surface area is 163 Å². The summed E-state index contributed by atoms with van der Waals surface area (Å²) < 4.78 is 5.59. The summed E-state index contributed by atoms with van der Waals surface area (Å²) in [6.07, 6.45) is 7.24. The summed E-state index contributed by atoms with van der Waals surface area (Å²) in [6, 6.07) is 2.00. The van der Waals surface area contributed by atoms with Gasteiger partial charge in [-0.2, -0.15) is 0 Å². The summed E-state index contributed by atoms with van der Waals surface area (Å²) in [6.45, 7) is 6.28. The Morgan fingerprint density at radius 1 is 1.23 bits per heavy atom. The van der Waals surface area contributed by atoms with E-state index < -0.39 is 0 Å². The van der Waals surface area contributed by atoms with Gasteiger partial charge >= 0.3 is 0 Å². The van der Waals surface area contributed by atoms with Gasteiger partial charge in [0.15, 0.2) is 5.76 Å². The van der Waals surface area contributed by atoms with Crippen LogP contribution in [-0.4, -0.2) is 51.4 Å². The Bertz CT molecular complexity index is 696. The van der Waals surface area contributed by atoms with Crippen LogP contribution < -0.4 is 0 Å². The molecule has 2 atom stereocenters. The minimum atomic E-state index is -0.0716. The molecule has 4 aliphatic carbocycles. The van der Waals surface area contributed by atoms with E-state index in [1.807, 2.05) is 13.0 Å². The predicted octanol–water partition coefficient (Wildman–Crippen LogP) is 3.36. The van der Waals surface area contributed by atoms with Gasteiger partial charge in [0.2, 0.25) is 5.91 Å². The second-order valence-corrected chi connectivity index (χ2v) is 11.1.